The molecule has 0 unspecified atom stereocenters. The second-order valence-corrected chi connectivity index (χ2v) is 6.40. The van der Waals surface area contributed by atoms with Gasteiger partial charge < -0.3 is 15.5 Å². The maximum atomic E-state index is 12.6. The summed E-state index contributed by atoms with van der Waals surface area (Å²) in [5, 5.41) is 6.17. The van der Waals surface area contributed by atoms with Gasteiger partial charge in [0, 0.05) is 24.1 Å². The second kappa shape index (κ2) is 6.64. The number of carbonyl (C=O) groups excluding carboxylic acids is 2. The van der Waals surface area contributed by atoms with Gasteiger partial charge in [0.15, 0.2) is 0 Å². The molecule has 6 nitrogen and oxygen atoms in total. The van der Waals surface area contributed by atoms with Crippen molar-refractivity contribution in [2.24, 2.45) is 0 Å². The summed E-state index contributed by atoms with van der Waals surface area (Å²) in [6, 6.07) is 11.0. The summed E-state index contributed by atoms with van der Waals surface area (Å²) in [5.41, 5.74) is 3.19. The van der Waals surface area contributed by atoms with E-state index in [2.05, 4.69) is 15.6 Å². The standard InChI is InChI=1S/C19H20N4O2/c24-18(15-5-3-10-20-15)22-14-6-7-17-13(12-14)8-11-23(17)19(25)16-4-1-2-9-21-16/h1-2,4,6-7,9,12,15,20H,3,5,8,10-11H2,(H,22,24)/t15-/m0/s1. The first-order valence-corrected chi connectivity index (χ1v) is 8.62. The number of rotatable bonds is 3. The van der Waals surface area contributed by atoms with E-state index >= 15 is 0 Å². The lowest BCUT2D eigenvalue weighted by Gasteiger charge is -2.17. The third-order valence-electron chi connectivity index (χ3n) is 4.75. The Kier molecular flexibility index (Phi) is 4.19. The average molecular weight is 336 g/mol. The number of hydrogen-bond acceptors (Lipinski definition) is 4. The summed E-state index contributed by atoms with van der Waals surface area (Å²) in [6.07, 6.45) is 4.31. The molecule has 2 aliphatic heterocycles. The topological polar surface area (TPSA) is 74.3 Å². The molecular formula is C19H20N4O2. The molecule has 2 amide bonds. The van der Waals surface area contributed by atoms with Crippen LogP contribution < -0.4 is 15.5 Å². The van der Waals surface area contributed by atoms with Gasteiger partial charge >= 0.3 is 0 Å². The number of fused-ring (bicyclic) bond motifs is 1. The van der Waals surface area contributed by atoms with Crippen molar-refractivity contribution in [3.8, 4) is 0 Å². The quantitative estimate of drug-likeness (QED) is 0.899. The van der Waals surface area contributed by atoms with E-state index in [1.54, 1.807) is 23.2 Å². The highest BCUT2D eigenvalue weighted by Crippen LogP contribution is 2.31. The number of amides is 2. The highest BCUT2D eigenvalue weighted by molar-refractivity contribution is 6.06. The number of hydrogen-bond donors (Lipinski definition) is 2. The van der Waals surface area contributed by atoms with Crippen molar-refractivity contribution in [1.29, 1.82) is 0 Å². The molecule has 3 heterocycles. The smallest absolute Gasteiger partial charge is 0.276 e. The van der Waals surface area contributed by atoms with Gasteiger partial charge in [0.1, 0.15) is 5.69 Å². The normalized spacial score (nSPS) is 18.9. The molecule has 4 rings (SSSR count). The molecule has 1 aromatic carbocycles. The van der Waals surface area contributed by atoms with Crippen LogP contribution in [0, 0.1) is 0 Å². The largest absolute Gasteiger partial charge is 0.325 e. The minimum Gasteiger partial charge on any atom is -0.325 e. The van der Waals surface area contributed by atoms with E-state index in [1.807, 2.05) is 24.3 Å². The Balaban J connectivity index is 1.50. The zero-order chi connectivity index (χ0) is 17.2. The molecule has 1 saturated heterocycles. The Morgan fingerprint density at radius 2 is 2.16 bits per heavy atom. The fraction of sp³-hybridized carbons (Fsp3) is 0.316. The Bertz CT molecular complexity index is 800. The Morgan fingerprint density at radius 3 is 2.92 bits per heavy atom. The summed E-state index contributed by atoms with van der Waals surface area (Å²) in [5.74, 6) is -0.0804. The molecule has 0 aliphatic carbocycles. The van der Waals surface area contributed by atoms with Crippen LogP contribution in [0.4, 0.5) is 11.4 Å². The van der Waals surface area contributed by atoms with Crippen LogP contribution in [0.15, 0.2) is 42.6 Å². The first-order chi connectivity index (χ1) is 12.2. The molecule has 0 radical (unpaired) electrons. The van der Waals surface area contributed by atoms with E-state index in [1.165, 1.54) is 0 Å². The first-order valence-electron chi connectivity index (χ1n) is 8.62. The molecule has 128 valence electrons. The van der Waals surface area contributed by atoms with Crippen LogP contribution in [0.25, 0.3) is 0 Å². The predicted molar refractivity (Wildman–Crippen MR) is 95.7 cm³/mol. The molecule has 2 aromatic rings. The number of carbonyl (C=O) groups is 2. The average Bonchev–Trinajstić information content (AvgIpc) is 3.31. The minimum absolute atomic E-state index is 0.0110. The maximum absolute atomic E-state index is 12.6. The fourth-order valence-corrected chi connectivity index (χ4v) is 3.46. The van der Waals surface area contributed by atoms with E-state index in [9.17, 15) is 9.59 Å². The summed E-state index contributed by atoms with van der Waals surface area (Å²) in [7, 11) is 0. The van der Waals surface area contributed by atoms with Crippen molar-refractivity contribution < 1.29 is 9.59 Å². The van der Waals surface area contributed by atoms with Crippen molar-refractivity contribution in [2.45, 2.75) is 25.3 Å². The zero-order valence-electron chi connectivity index (χ0n) is 13.9. The lowest BCUT2D eigenvalue weighted by Crippen LogP contribution is -2.35. The van der Waals surface area contributed by atoms with Crippen LogP contribution in [0.2, 0.25) is 0 Å². The molecule has 0 spiro atoms. The van der Waals surface area contributed by atoms with Gasteiger partial charge in [-0.25, -0.2) is 0 Å². The van der Waals surface area contributed by atoms with Crippen molar-refractivity contribution in [3.05, 3.63) is 53.9 Å². The second-order valence-electron chi connectivity index (χ2n) is 6.40. The molecule has 0 bridgehead atoms. The first kappa shape index (κ1) is 15.8. The monoisotopic (exact) mass is 336 g/mol. The Morgan fingerprint density at radius 1 is 1.24 bits per heavy atom. The summed E-state index contributed by atoms with van der Waals surface area (Å²) < 4.78 is 0. The van der Waals surface area contributed by atoms with Crippen LogP contribution in [-0.2, 0) is 11.2 Å². The maximum Gasteiger partial charge on any atom is 0.276 e. The van der Waals surface area contributed by atoms with Crippen LogP contribution in [0.1, 0.15) is 28.9 Å². The van der Waals surface area contributed by atoms with Crippen LogP contribution in [0.5, 0.6) is 0 Å². The van der Waals surface area contributed by atoms with E-state index in [0.717, 1.165) is 42.7 Å². The van der Waals surface area contributed by atoms with Gasteiger partial charge in [-0.1, -0.05) is 6.07 Å². The summed E-state index contributed by atoms with van der Waals surface area (Å²) in [6.45, 7) is 1.53. The Labute approximate surface area is 146 Å². The SMILES string of the molecule is O=C(Nc1ccc2c(c1)CCN2C(=O)c1ccccn1)[C@@H]1CCCN1. The third-order valence-corrected chi connectivity index (χ3v) is 4.75. The van der Waals surface area contributed by atoms with Gasteiger partial charge in [0.25, 0.3) is 5.91 Å². The van der Waals surface area contributed by atoms with Gasteiger partial charge in [0.2, 0.25) is 5.91 Å². The van der Waals surface area contributed by atoms with Crippen LogP contribution >= 0.6 is 0 Å². The van der Waals surface area contributed by atoms with Gasteiger partial charge in [0.05, 0.1) is 6.04 Å². The number of aromatic nitrogens is 1. The molecule has 1 fully saturated rings. The van der Waals surface area contributed by atoms with Gasteiger partial charge in [-0.3, -0.25) is 14.6 Å². The highest BCUT2D eigenvalue weighted by atomic mass is 16.2. The number of benzene rings is 1. The van der Waals surface area contributed by atoms with Crippen LogP contribution in [-0.4, -0.2) is 35.9 Å². The lowest BCUT2D eigenvalue weighted by atomic mass is 10.1. The van der Waals surface area contributed by atoms with Gasteiger partial charge in [-0.2, -0.15) is 0 Å². The third kappa shape index (κ3) is 3.13. The molecule has 25 heavy (non-hydrogen) atoms. The number of nitrogens with one attached hydrogen (secondary N) is 2. The summed E-state index contributed by atoms with van der Waals surface area (Å²) in [4.78, 5) is 30.8. The highest BCUT2D eigenvalue weighted by Gasteiger charge is 2.27. The molecular weight excluding hydrogens is 316 g/mol. The van der Waals surface area contributed by atoms with Crippen LogP contribution in [0.3, 0.4) is 0 Å². The fourth-order valence-electron chi connectivity index (χ4n) is 3.46. The molecule has 6 heteroatoms. The minimum atomic E-state index is -0.101. The van der Waals surface area contributed by atoms with Crippen molar-refractivity contribution in [3.63, 3.8) is 0 Å². The van der Waals surface area contributed by atoms with Crippen molar-refractivity contribution in [2.75, 3.05) is 23.3 Å². The van der Waals surface area contributed by atoms with E-state index in [0.29, 0.717) is 12.2 Å². The number of nitrogens with zero attached hydrogens (tertiary/aromatic N) is 2. The van der Waals surface area contributed by atoms with E-state index < -0.39 is 0 Å². The number of anilines is 2. The molecule has 0 saturated carbocycles. The predicted octanol–water partition coefficient (Wildman–Crippen LogP) is 1.97. The molecule has 1 atom stereocenters. The Hall–Kier alpha value is -2.73. The zero-order valence-corrected chi connectivity index (χ0v) is 13.9. The van der Waals surface area contributed by atoms with Gasteiger partial charge in [-0.15, -0.1) is 0 Å². The molecule has 2 N–H and O–H groups in total. The van der Waals surface area contributed by atoms with Crippen molar-refractivity contribution in [1.82, 2.24) is 10.3 Å². The van der Waals surface area contributed by atoms with E-state index in [-0.39, 0.29) is 17.9 Å². The van der Waals surface area contributed by atoms with Crippen molar-refractivity contribution >= 4 is 23.2 Å². The molecule has 2 aliphatic rings. The van der Waals surface area contributed by atoms with Gasteiger partial charge in [-0.05, 0) is 61.7 Å². The summed E-state index contributed by atoms with van der Waals surface area (Å²) >= 11 is 0. The number of pyridine rings is 1. The molecule has 1 aromatic heterocycles. The lowest BCUT2D eigenvalue weighted by molar-refractivity contribution is -0.117. The van der Waals surface area contributed by atoms with E-state index in [4.69, 9.17) is 0 Å².